The van der Waals surface area contributed by atoms with Gasteiger partial charge in [-0.1, -0.05) is 18.2 Å². The molecular weight excluding hydrogens is 403 g/mol. The largest absolute Gasteiger partial charge is 0.506 e. The maximum atomic E-state index is 10.6. The van der Waals surface area contributed by atoms with Crippen molar-refractivity contribution < 1.29 is 37.4 Å². The van der Waals surface area contributed by atoms with Crippen molar-refractivity contribution >= 4 is 16.9 Å². The Morgan fingerprint density at radius 3 is 2.35 bits per heavy atom. The Morgan fingerprint density at radius 1 is 1.12 bits per heavy atom. The molecule has 0 bridgehead atoms. The van der Waals surface area contributed by atoms with Crippen LogP contribution in [0.3, 0.4) is 0 Å². The number of carbonyl (C=O) groups is 1. The van der Waals surface area contributed by atoms with Crippen LogP contribution in [0, 0.1) is 14.9 Å². The molecule has 0 saturated carbocycles. The second-order valence-corrected chi connectivity index (χ2v) is 2.85. The third-order valence-corrected chi connectivity index (χ3v) is 1.92. The minimum atomic E-state index is -1.10. The zero-order valence-corrected chi connectivity index (χ0v) is 11.6. The molecule has 17 heavy (non-hydrogen) atoms. The third-order valence-electron chi connectivity index (χ3n) is 1.92. The topological polar surface area (TPSA) is 70.4 Å². The number of benzene rings is 1. The predicted octanol–water partition coefficient (Wildman–Crippen LogP) is 2.54. The molecule has 1 heterocycles. The van der Waals surface area contributed by atoms with Gasteiger partial charge in [0.2, 0.25) is 0 Å². The van der Waals surface area contributed by atoms with Crippen molar-refractivity contribution in [2.75, 3.05) is 0 Å². The first-order valence-corrected chi connectivity index (χ1v) is 4.00. The average Bonchev–Trinajstić information content (AvgIpc) is 2.18. The van der Waals surface area contributed by atoms with Crippen LogP contribution in [-0.4, -0.2) is 21.2 Å². The van der Waals surface area contributed by atoms with E-state index in [1.807, 2.05) is 0 Å². The smallest absolute Gasteiger partial charge is 0.354 e. The van der Waals surface area contributed by atoms with Crippen LogP contribution in [0.1, 0.15) is 10.5 Å². The van der Waals surface area contributed by atoms with Crippen LogP contribution >= 0.6 is 0 Å². The van der Waals surface area contributed by atoms with Crippen LogP contribution in [0.2, 0.25) is 0 Å². The van der Waals surface area contributed by atoms with Crippen LogP contribution < -0.4 is 0 Å². The van der Waals surface area contributed by atoms with Crippen LogP contribution in [0.4, 0.5) is 0 Å². The van der Waals surface area contributed by atoms with Gasteiger partial charge < -0.3 is 25.1 Å². The number of nitrogens with zero attached hydrogens (tertiary/aromatic N) is 1. The molecule has 2 aromatic rings. The number of aromatic carboxylic acids is 1. The number of rotatable bonds is 1. The van der Waals surface area contributed by atoms with Gasteiger partial charge in [0, 0.05) is 27.8 Å². The molecule has 4 nitrogen and oxygen atoms in total. The third kappa shape index (κ3) is 3.56. The Kier molecular flexibility index (Phi) is 7.48. The minimum absolute atomic E-state index is 0. The normalized spacial score (nSPS) is 8.47. The number of carboxylic acid groups (broad SMARTS) is 1. The molecule has 0 aliphatic rings. The molecule has 0 amide bonds. The summed E-state index contributed by atoms with van der Waals surface area (Å²) in [6, 6.07) is 7.93. The first kappa shape index (κ1) is 18.0. The van der Waals surface area contributed by atoms with Gasteiger partial charge in [-0.3, -0.25) is 0 Å². The Balaban J connectivity index is 0. The standard InChI is InChI=1S/C10H7NO3.2CH3.Au/c12-8-3-1-2-6-4-5-7(10(13)14)11-9(6)8;;;/h1-5,12H,(H,13,14);2*1H3;/q;2*-1;. The predicted molar refractivity (Wildman–Crippen MR) is 63.2 cm³/mol. The number of para-hydroxylation sites is 1. The zero-order valence-electron chi connectivity index (χ0n) is 9.44. The van der Waals surface area contributed by atoms with E-state index >= 15 is 0 Å². The molecule has 0 unspecified atom stereocenters. The van der Waals surface area contributed by atoms with Crippen molar-refractivity contribution in [2.24, 2.45) is 0 Å². The molecule has 2 N–H and O–H groups in total. The molecule has 1 aromatic heterocycles. The van der Waals surface area contributed by atoms with E-state index < -0.39 is 5.97 Å². The molecule has 0 spiro atoms. The van der Waals surface area contributed by atoms with Crippen molar-refractivity contribution in [1.82, 2.24) is 4.98 Å². The van der Waals surface area contributed by atoms with Gasteiger partial charge in [-0.2, -0.15) is 0 Å². The molecule has 0 aliphatic heterocycles. The van der Waals surface area contributed by atoms with Crippen molar-refractivity contribution in [3.8, 4) is 5.75 Å². The van der Waals surface area contributed by atoms with Gasteiger partial charge in [-0.15, -0.1) is 0 Å². The SMILES string of the molecule is O=C(O)c1ccc2cccc(O)c2n1.[Au].[CH3-].[CH3-]. The number of phenolic OH excluding ortho intramolecular Hbond substituents is 1. The molecule has 1 radical (unpaired) electrons. The van der Waals surface area contributed by atoms with Gasteiger partial charge in [0.05, 0.1) is 0 Å². The summed E-state index contributed by atoms with van der Waals surface area (Å²) < 4.78 is 0. The second-order valence-electron chi connectivity index (χ2n) is 2.85. The fourth-order valence-corrected chi connectivity index (χ4v) is 1.25. The number of phenols is 1. The van der Waals surface area contributed by atoms with Gasteiger partial charge >= 0.3 is 5.97 Å². The quantitative estimate of drug-likeness (QED) is 0.554. The van der Waals surface area contributed by atoms with Gasteiger partial charge in [0.25, 0.3) is 0 Å². The Morgan fingerprint density at radius 2 is 1.76 bits per heavy atom. The van der Waals surface area contributed by atoms with E-state index in [9.17, 15) is 9.90 Å². The Bertz CT molecular complexity index is 514. The number of fused-ring (bicyclic) bond motifs is 1. The van der Waals surface area contributed by atoms with Gasteiger partial charge in [0.15, 0.2) is 0 Å². The summed E-state index contributed by atoms with van der Waals surface area (Å²) in [6.45, 7) is 0. The maximum absolute atomic E-state index is 10.6. The van der Waals surface area contributed by atoms with E-state index in [0.29, 0.717) is 5.52 Å². The summed E-state index contributed by atoms with van der Waals surface area (Å²) in [4.78, 5) is 14.4. The molecular formula is C12H13AuNO3-2. The number of hydrogen-bond acceptors (Lipinski definition) is 3. The van der Waals surface area contributed by atoms with Gasteiger partial charge in [0.1, 0.15) is 17.0 Å². The Labute approximate surface area is 116 Å². The number of aromatic hydroxyl groups is 1. The van der Waals surface area contributed by atoms with E-state index in [1.165, 1.54) is 12.1 Å². The average molecular weight is 416 g/mol. The van der Waals surface area contributed by atoms with Crippen molar-refractivity contribution in [2.45, 2.75) is 0 Å². The molecule has 1 aromatic carbocycles. The second kappa shape index (κ2) is 7.06. The molecule has 0 aliphatic carbocycles. The molecule has 97 valence electrons. The summed E-state index contributed by atoms with van der Waals surface area (Å²) in [5, 5.41) is 18.8. The minimum Gasteiger partial charge on any atom is -0.506 e. The van der Waals surface area contributed by atoms with Crippen molar-refractivity contribution in [1.29, 1.82) is 0 Å². The molecule has 2 rings (SSSR count). The number of aromatic nitrogens is 1. The fourth-order valence-electron chi connectivity index (χ4n) is 1.25. The maximum Gasteiger partial charge on any atom is 0.354 e. The first-order chi connectivity index (χ1) is 6.68. The molecule has 0 saturated heterocycles. The Hall–Kier alpha value is -1.36. The number of pyridine rings is 1. The molecule has 0 atom stereocenters. The van der Waals surface area contributed by atoms with Crippen LogP contribution in [-0.2, 0) is 22.4 Å². The first-order valence-electron chi connectivity index (χ1n) is 4.00. The summed E-state index contributed by atoms with van der Waals surface area (Å²) >= 11 is 0. The number of carboxylic acids is 1. The monoisotopic (exact) mass is 416 g/mol. The van der Waals surface area contributed by atoms with E-state index in [0.717, 1.165) is 5.39 Å². The van der Waals surface area contributed by atoms with E-state index in [2.05, 4.69) is 4.98 Å². The summed E-state index contributed by atoms with van der Waals surface area (Å²) in [5.41, 5.74) is 0.242. The zero-order chi connectivity index (χ0) is 10.1. The van der Waals surface area contributed by atoms with Crippen LogP contribution in [0.15, 0.2) is 30.3 Å². The summed E-state index contributed by atoms with van der Waals surface area (Å²) in [5.74, 6) is -1.11. The fraction of sp³-hybridized carbons (Fsp3) is 0. The molecule has 5 heteroatoms. The van der Waals surface area contributed by atoms with Gasteiger partial charge in [-0.05, 0) is 12.1 Å². The van der Waals surface area contributed by atoms with E-state index in [4.69, 9.17) is 5.11 Å². The van der Waals surface area contributed by atoms with E-state index in [-0.39, 0.29) is 48.7 Å². The summed E-state index contributed by atoms with van der Waals surface area (Å²) in [7, 11) is 0. The summed E-state index contributed by atoms with van der Waals surface area (Å²) in [6.07, 6.45) is 0. The van der Waals surface area contributed by atoms with E-state index in [1.54, 1.807) is 18.2 Å². The van der Waals surface area contributed by atoms with Crippen molar-refractivity contribution in [3.63, 3.8) is 0 Å². The molecule has 0 fully saturated rings. The number of hydrogen-bond donors (Lipinski definition) is 2. The van der Waals surface area contributed by atoms with Crippen LogP contribution in [0.25, 0.3) is 10.9 Å². The van der Waals surface area contributed by atoms with Crippen LogP contribution in [0.5, 0.6) is 5.75 Å². The van der Waals surface area contributed by atoms with Crippen molar-refractivity contribution in [3.05, 3.63) is 50.9 Å². The van der Waals surface area contributed by atoms with Gasteiger partial charge in [-0.25, -0.2) is 9.78 Å².